The third-order valence-electron chi connectivity index (χ3n) is 9.72. The zero-order valence-corrected chi connectivity index (χ0v) is 25.6. The first-order valence-electron chi connectivity index (χ1n) is 15.0. The Morgan fingerprint density at radius 2 is 1.88 bits per heavy atom. The number of aliphatic hydroxyl groups is 1. The molecule has 1 aromatic rings. The van der Waals surface area contributed by atoms with E-state index in [1.165, 1.54) is 0 Å². The van der Waals surface area contributed by atoms with Crippen LogP contribution in [0.3, 0.4) is 0 Å². The smallest absolute Gasteiger partial charge is 0.253 e. The number of carbonyl (C=O) groups excluding carboxylic acids is 3. The highest BCUT2D eigenvalue weighted by Crippen LogP contribution is 2.66. The lowest BCUT2D eigenvalue weighted by atomic mass is 9.62. The molecule has 3 aliphatic rings. The summed E-state index contributed by atoms with van der Waals surface area (Å²) in [6.45, 7) is 20.4. The van der Waals surface area contributed by atoms with E-state index in [1.54, 1.807) is 26.9 Å². The van der Waals surface area contributed by atoms with E-state index in [9.17, 15) is 19.5 Å². The number of benzene rings is 1. The predicted octanol–water partition coefficient (Wildman–Crippen LogP) is 4.03. The van der Waals surface area contributed by atoms with Gasteiger partial charge in [0.1, 0.15) is 11.6 Å². The molecule has 224 valence electrons. The van der Waals surface area contributed by atoms with Crippen LogP contribution in [0.15, 0.2) is 43.5 Å². The second-order valence-corrected chi connectivity index (χ2v) is 12.3. The highest BCUT2D eigenvalue weighted by Gasteiger charge is 2.80. The molecule has 3 unspecified atom stereocenters. The van der Waals surface area contributed by atoms with Gasteiger partial charge in [0.15, 0.2) is 0 Å². The monoisotopic (exact) mass is 565 g/mol. The van der Waals surface area contributed by atoms with Crippen LogP contribution in [0.25, 0.3) is 0 Å². The number of hydrogen-bond acceptors (Lipinski definition) is 5. The first-order chi connectivity index (χ1) is 19.5. The minimum atomic E-state index is -1.19. The lowest BCUT2D eigenvalue weighted by molar-refractivity contribution is -0.153. The van der Waals surface area contributed by atoms with Crippen LogP contribution < -0.4 is 4.90 Å². The van der Waals surface area contributed by atoms with Gasteiger partial charge in [0.05, 0.1) is 30.1 Å². The maximum absolute atomic E-state index is 14.9. The molecule has 8 heteroatoms. The van der Waals surface area contributed by atoms with Gasteiger partial charge in [0, 0.05) is 25.3 Å². The third kappa shape index (κ3) is 4.73. The number of aryl methyl sites for hydroxylation is 2. The molecule has 41 heavy (non-hydrogen) atoms. The number of likely N-dealkylation sites (tertiary alicyclic amines) is 1. The minimum Gasteiger partial charge on any atom is -0.394 e. The molecule has 0 aromatic heterocycles. The van der Waals surface area contributed by atoms with E-state index < -0.39 is 35.1 Å². The fourth-order valence-electron chi connectivity index (χ4n) is 7.65. The molecule has 3 amide bonds. The molecule has 7 atom stereocenters. The predicted molar refractivity (Wildman–Crippen MR) is 160 cm³/mol. The summed E-state index contributed by atoms with van der Waals surface area (Å²) in [6, 6.07) is 4.38. The van der Waals surface area contributed by atoms with Crippen molar-refractivity contribution in [2.24, 2.45) is 17.8 Å². The average Bonchev–Trinajstić information content (AvgIpc) is 3.45. The maximum Gasteiger partial charge on any atom is 0.253 e. The molecular weight excluding hydrogens is 518 g/mol. The Morgan fingerprint density at radius 1 is 1.20 bits per heavy atom. The van der Waals surface area contributed by atoms with Gasteiger partial charge >= 0.3 is 0 Å². The summed E-state index contributed by atoms with van der Waals surface area (Å²) in [6.07, 6.45) is 5.09. The van der Waals surface area contributed by atoms with Crippen molar-refractivity contribution in [3.63, 3.8) is 0 Å². The fourth-order valence-corrected chi connectivity index (χ4v) is 7.65. The number of carbonyl (C=O) groups is 3. The zero-order valence-electron chi connectivity index (χ0n) is 25.6. The quantitative estimate of drug-likeness (QED) is 0.387. The summed E-state index contributed by atoms with van der Waals surface area (Å²) >= 11 is 0. The minimum absolute atomic E-state index is 0.0641. The van der Waals surface area contributed by atoms with Gasteiger partial charge in [-0.25, -0.2) is 0 Å². The summed E-state index contributed by atoms with van der Waals surface area (Å²) in [5.74, 6) is -2.32. The van der Waals surface area contributed by atoms with Gasteiger partial charge in [-0.3, -0.25) is 14.4 Å². The average molecular weight is 566 g/mol. The molecule has 0 aliphatic carbocycles. The van der Waals surface area contributed by atoms with Crippen LogP contribution in [0.2, 0.25) is 0 Å². The number of hydrogen-bond donors (Lipinski definition) is 1. The highest BCUT2D eigenvalue weighted by atomic mass is 16.5. The summed E-state index contributed by atoms with van der Waals surface area (Å²) in [7, 11) is 0. The summed E-state index contributed by atoms with van der Waals surface area (Å²) in [4.78, 5) is 48.6. The Morgan fingerprint density at radius 3 is 2.46 bits per heavy atom. The third-order valence-corrected chi connectivity index (χ3v) is 9.72. The number of amides is 3. The molecule has 3 fully saturated rings. The van der Waals surface area contributed by atoms with Crippen molar-refractivity contribution < 1.29 is 24.2 Å². The molecule has 2 bridgehead atoms. The van der Waals surface area contributed by atoms with Crippen molar-refractivity contribution in [1.82, 2.24) is 9.80 Å². The molecule has 0 saturated carbocycles. The molecule has 3 aliphatic heterocycles. The topological polar surface area (TPSA) is 90.4 Å². The second kappa shape index (κ2) is 11.7. The fraction of sp³-hybridized carbons (Fsp3) is 0.606. The SMILES string of the molecule is C=CCN(CCC)C(=O)[C@H]1[C@H]2C(=O)N([C@@H](CC)CO)C(C(=O)N(CC=C)c3cc(C)ccc3C)C23CC(C)[C@]1(C)O3. The van der Waals surface area contributed by atoms with Crippen molar-refractivity contribution >= 4 is 23.4 Å². The maximum atomic E-state index is 14.9. The summed E-state index contributed by atoms with van der Waals surface area (Å²) in [5.41, 5.74) is 0.591. The Labute approximate surface area is 245 Å². The molecule has 3 heterocycles. The van der Waals surface area contributed by atoms with Gasteiger partial charge in [-0.2, -0.15) is 0 Å². The van der Waals surface area contributed by atoms with E-state index >= 15 is 0 Å². The van der Waals surface area contributed by atoms with Crippen LogP contribution >= 0.6 is 0 Å². The van der Waals surface area contributed by atoms with Crippen molar-refractivity contribution in [2.75, 3.05) is 31.1 Å². The van der Waals surface area contributed by atoms with Gasteiger partial charge in [-0.15, -0.1) is 13.2 Å². The Bertz CT molecular complexity index is 1210. The molecule has 8 nitrogen and oxygen atoms in total. The largest absolute Gasteiger partial charge is 0.394 e. The van der Waals surface area contributed by atoms with Crippen LogP contribution in [0.1, 0.15) is 58.1 Å². The van der Waals surface area contributed by atoms with Gasteiger partial charge in [0.2, 0.25) is 11.8 Å². The first-order valence-corrected chi connectivity index (χ1v) is 15.0. The zero-order chi connectivity index (χ0) is 30.3. The van der Waals surface area contributed by atoms with Crippen LogP contribution in [-0.2, 0) is 19.1 Å². The molecule has 3 saturated heterocycles. The lowest BCUT2D eigenvalue weighted by Gasteiger charge is -2.39. The van der Waals surface area contributed by atoms with Crippen molar-refractivity contribution in [2.45, 2.75) is 84.1 Å². The van der Waals surface area contributed by atoms with E-state index in [0.717, 1.165) is 23.2 Å². The van der Waals surface area contributed by atoms with Gasteiger partial charge in [-0.1, -0.05) is 45.1 Å². The summed E-state index contributed by atoms with van der Waals surface area (Å²) in [5, 5.41) is 10.4. The van der Waals surface area contributed by atoms with E-state index in [2.05, 4.69) is 13.2 Å². The number of aliphatic hydroxyl groups excluding tert-OH is 1. The van der Waals surface area contributed by atoms with Crippen LogP contribution in [0, 0.1) is 31.6 Å². The number of anilines is 1. The Balaban J connectivity index is 1.90. The van der Waals surface area contributed by atoms with Gasteiger partial charge in [-0.05, 0) is 63.1 Å². The lowest BCUT2D eigenvalue weighted by Crippen LogP contribution is -2.59. The van der Waals surface area contributed by atoms with Crippen LogP contribution in [0.5, 0.6) is 0 Å². The molecular formula is C33H47N3O5. The number of rotatable bonds is 12. The summed E-state index contributed by atoms with van der Waals surface area (Å²) < 4.78 is 6.92. The molecule has 1 spiro atoms. The van der Waals surface area contributed by atoms with E-state index in [0.29, 0.717) is 25.9 Å². The van der Waals surface area contributed by atoms with Gasteiger partial charge in [0.25, 0.3) is 5.91 Å². The first kappa shape index (κ1) is 31.0. The van der Waals surface area contributed by atoms with E-state index in [4.69, 9.17) is 4.74 Å². The van der Waals surface area contributed by atoms with Crippen molar-refractivity contribution in [1.29, 1.82) is 0 Å². The Hall–Kier alpha value is -2.97. The number of nitrogens with zero attached hydrogens (tertiary/aromatic N) is 3. The molecule has 1 aromatic carbocycles. The van der Waals surface area contributed by atoms with Crippen LogP contribution in [0.4, 0.5) is 5.69 Å². The molecule has 4 rings (SSSR count). The normalized spacial score (nSPS) is 30.7. The van der Waals surface area contributed by atoms with Gasteiger partial charge < -0.3 is 24.5 Å². The molecule has 1 N–H and O–H groups in total. The number of fused-ring (bicyclic) bond motifs is 1. The highest BCUT2D eigenvalue weighted by molar-refractivity contribution is 6.05. The second-order valence-electron chi connectivity index (χ2n) is 12.3. The van der Waals surface area contributed by atoms with Crippen LogP contribution in [-0.4, -0.2) is 82.2 Å². The Kier molecular flexibility index (Phi) is 8.86. The van der Waals surface area contributed by atoms with Crippen molar-refractivity contribution in [3.8, 4) is 0 Å². The molecule has 0 radical (unpaired) electrons. The standard InChI is InChI=1S/C33H47N3O5/c1-9-15-34(16-10-2)29(38)26-27-30(39)36(24(12-4)20-37)28(33(27)19-23(7)32(26,8)41-33)31(40)35(17-11-3)25-18-21(5)13-14-22(25)6/h9,11,13-14,18,23-24,26-28,37H,1,3,10,12,15-17,19-20H2,2,4-8H3/t23?,24-,26+,27-,28?,32-,33?/m0/s1. The van der Waals surface area contributed by atoms with E-state index in [-0.39, 0.29) is 36.8 Å². The van der Waals surface area contributed by atoms with Crippen molar-refractivity contribution in [3.05, 3.63) is 54.6 Å². The number of ether oxygens (including phenoxy) is 1. The van der Waals surface area contributed by atoms with E-state index in [1.807, 2.05) is 59.7 Å².